The van der Waals surface area contributed by atoms with Gasteiger partial charge in [0.25, 0.3) is 0 Å². The fraction of sp³-hybridized carbons (Fsp3) is 0.778. The van der Waals surface area contributed by atoms with Gasteiger partial charge in [0.2, 0.25) is 0 Å². The second-order valence-corrected chi connectivity index (χ2v) is 5.54. The minimum absolute atomic E-state index is 0.0630. The van der Waals surface area contributed by atoms with Crippen LogP contribution in [-0.4, -0.2) is 22.9 Å². The zero-order valence-electron chi connectivity index (χ0n) is 8.87. The molecule has 5 heteroatoms. The highest BCUT2D eigenvalue weighted by molar-refractivity contribution is 7.11. The van der Waals surface area contributed by atoms with Crippen molar-refractivity contribution in [1.82, 2.24) is 10.2 Å². The van der Waals surface area contributed by atoms with Crippen molar-refractivity contribution >= 4 is 22.9 Å². The monoisotopic (exact) mass is 234 g/mol. The van der Waals surface area contributed by atoms with E-state index in [0.717, 1.165) is 16.4 Å². The summed E-state index contributed by atoms with van der Waals surface area (Å²) < 4.78 is 5.32. The van der Waals surface area contributed by atoms with Gasteiger partial charge in [0.05, 0.1) is 11.0 Å². The molecular weight excluding hydrogens is 220 g/mol. The van der Waals surface area contributed by atoms with Gasteiger partial charge in [0.1, 0.15) is 10.0 Å². The van der Waals surface area contributed by atoms with Crippen molar-refractivity contribution < 1.29 is 4.74 Å². The first-order chi connectivity index (χ1) is 6.44. The van der Waals surface area contributed by atoms with Crippen LogP contribution in [0.4, 0.5) is 0 Å². The summed E-state index contributed by atoms with van der Waals surface area (Å²) in [5.74, 6) is 0. The average molecular weight is 235 g/mol. The van der Waals surface area contributed by atoms with Crippen LogP contribution in [0.3, 0.4) is 0 Å². The Labute approximate surface area is 93.5 Å². The molecule has 0 aromatic carbocycles. The number of ether oxygens (including phenoxy) is 1. The number of aromatic nitrogens is 2. The molecule has 3 nitrogen and oxygen atoms in total. The first-order valence-electron chi connectivity index (χ1n) is 4.46. The number of methoxy groups -OCH3 is 1. The molecule has 0 aliphatic rings. The predicted molar refractivity (Wildman–Crippen MR) is 59.0 cm³/mol. The quantitative estimate of drug-likeness (QED) is 0.752. The van der Waals surface area contributed by atoms with Crippen LogP contribution in [0.5, 0.6) is 0 Å². The SMILES string of the molecule is COC(C)(C)Cc1nnc(C(C)Cl)s1. The maximum Gasteiger partial charge on any atom is 0.135 e. The summed E-state index contributed by atoms with van der Waals surface area (Å²) in [6.07, 6.45) is 0.769. The van der Waals surface area contributed by atoms with Gasteiger partial charge >= 0.3 is 0 Å². The third-order valence-corrected chi connectivity index (χ3v) is 3.39. The molecule has 0 bridgehead atoms. The summed E-state index contributed by atoms with van der Waals surface area (Å²) in [6, 6.07) is 0. The molecule has 0 aliphatic carbocycles. The van der Waals surface area contributed by atoms with E-state index in [1.54, 1.807) is 18.4 Å². The van der Waals surface area contributed by atoms with Gasteiger partial charge in [0, 0.05) is 13.5 Å². The molecule has 0 radical (unpaired) electrons. The molecular formula is C9H15ClN2OS. The van der Waals surface area contributed by atoms with Crippen molar-refractivity contribution in [3.05, 3.63) is 10.0 Å². The lowest BCUT2D eigenvalue weighted by Gasteiger charge is -2.20. The number of hydrogen-bond donors (Lipinski definition) is 0. The average Bonchev–Trinajstić information content (AvgIpc) is 2.52. The van der Waals surface area contributed by atoms with Gasteiger partial charge in [-0.15, -0.1) is 21.8 Å². The number of nitrogens with zero attached hydrogens (tertiary/aromatic N) is 2. The van der Waals surface area contributed by atoms with Crippen LogP contribution in [-0.2, 0) is 11.2 Å². The Kier molecular flexibility index (Phi) is 3.86. The molecule has 1 rings (SSSR count). The summed E-state index contributed by atoms with van der Waals surface area (Å²) >= 11 is 7.45. The third-order valence-electron chi connectivity index (χ3n) is 1.95. The van der Waals surface area contributed by atoms with Crippen LogP contribution in [0, 0.1) is 0 Å². The molecule has 0 saturated heterocycles. The Bertz CT molecular complexity index is 299. The first-order valence-corrected chi connectivity index (χ1v) is 5.71. The molecule has 1 aromatic rings. The van der Waals surface area contributed by atoms with Crippen LogP contribution in [0.15, 0.2) is 0 Å². The van der Waals surface area contributed by atoms with Crippen LogP contribution >= 0.6 is 22.9 Å². The Hall–Kier alpha value is -0.190. The highest BCUT2D eigenvalue weighted by Crippen LogP contribution is 2.25. The number of hydrogen-bond acceptors (Lipinski definition) is 4. The molecule has 0 spiro atoms. The van der Waals surface area contributed by atoms with Gasteiger partial charge in [-0.05, 0) is 20.8 Å². The number of rotatable bonds is 4. The Morgan fingerprint density at radius 2 is 2.14 bits per heavy atom. The summed E-state index contributed by atoms with van der Waals surface area (Å²) in [5.41, 5.74) is -0.188. The van der Waals surface area contributed by atoms with Gasteiger partial charge < -0.3 is 4.74 Å². The second kappa shape index (κ2) is 4.55. The molecule has 1 heterocycles. The lowest BCUT2D eigenvalue weighted by Crippen LogP contribution is -2.25. The van der Waals surface area contributed by atoms with Gasteiger partial charge in [-0.2, -0.15) is 0 Å². The van der Waals surface area contributed by atoms with Crippen molar-refractivity contribution in [2.24, 2.45) is 0 Å². The zero-order valence-corrected chi connectivity index (χ0v) is 10.4. The largest absolute Gasteiger partial charge is 0.378 e. The van der Waals surface area contributed by atoms with Crippen molar-refractivity contribution in [2.45, 2.75) is 38.2 Å². The zero-order chi connectivity index (χ0) is 10.8. The van der Waals surface area contributed by atoms with E-state index >= 15 is 0 Å². The summed E-state index contributed by atoms with van der Waals surface area (Å²) in [4.78, 5) is 0. The van der Waals surface area contributed by atoms with Gasteiger partial charge in [-0.3, -0.25) is 0 Å². The topological polar surface area (TPSA) is 35.0 Å². The normalized spacial score (nSPS) is 14.4. The summed E-state index contributed by atoms with van der Waals surface area (Å²) in [6.45, 7) is 5.95. The van der Waals surface area contributed by atoms with E-state index in [4.69, 9.17) is 16.3 Å². The van der Waals surface area contributed by atoms with Crippen molar-refractivity contribution in [3.63, 3.8) is 0 Å². The minimum atomic E-state index is -0.188. The van der Waals surface area contributed by atoms with E-state index in [1.807, 2.05) is 20.8 Å². The Morgan fingerprint density at radius 3 is 2.57 bits per heavy atom. The van der Waals surface area contributed by atoms with E-state index in [9.17, 15) is 0 Å². The van der Waals surface area contributed by atoms with Gasteiger partial charge in [-0.1, -0.05) is 11.3 Å². The summed E-state index contributed by atoms with van der Waals surface area (Å²) in [7, 11) is 1.70. The van der Waals surface area contributed by atoms with Crippen molar-refractivity contribution in [2.75, 3.05) is 7.11 Å². The smallest absolute Gasteiger partial charge is 0.135 e. The van der Waals surface area contributed by atoms with Gasteiger partial charge in [-0.25, -0.2) is 0 Å². The molecule has 1 unspecified atom stereocenters. The molecule has 80 valence electrons. The maximum atomic E-state index is 5.90. The highest BCUT2D eigenvalue weighted by Gasteiger charge is 2.20. The minimum Gasteiger partial charge on any atom is -0.378 e. The lowest BCUT2D eigenvalue weighted by atomic mass is 10.1. The molecule has 0 aliphatic heterocycles. The summed E-state index contributed by atoms with van der Waals surface area (Å²) in [5, 5.41) is 9.87. The van der Waals surface area contributed by atoms with E-state index < -0.39 is 0 Å². The third kappa shape index (κ3) is 3.19. The number of halogens is 1. The molecule has 14 heavy (non-hydrogen) atoms. The predicted octanol–water partition coefficient (Wildman–Crippen LogP) is 2.81. The molecule has 1 aromatic heterocycles. The van der Waals surface area contributed by atoms with Crippen LogP contribution in [0.2, 0.25) is 0 Å². The van der Waals surface area contributed by atoms with Gasteiger partial charge in [0.15, 0.2) is 0 Å². The second-order valence-electron chi connectivity index (χ2n) is 3.79. The van der Waals surface area contributed by atoms with Crippen molar-refractivity contribution in [1.29, 1.82) is 0 Å². The van der Waals surface area contributed by atoms with E-state index in [-0.39, 0.29) is 11.0 Å². The van der Waals surface area contributed by atoms with Crippen LogP contribution < -0.4 is 0 Å². The lowest BCUT2D eigenvalue weighted by molar-refractivity contribution is 0.0230. The fourth-order valence-corrected chi connectivity index (χ4v) is 2.10. The van der Waals surface area contributed by atoms with E-state index in [0.29, 0.717) is 0 Å². The standard InChI is InChI=1S/C9H15ClN2OS/c1-6(10)8-12-11-7(14-8)5-9(2,3)13-4/h6H,5H2,1-4H3. The van der Waals surface area contributed by atoms with Crippen LogP contribution in [0.1, 0.15) is 36.2 Å². The molecule has 1 atom stereocenters. The van der Waals surface area contributed by atoms with Crippen molar-refractivity contribution in [3.8, 4) is 0 Å². The van der Waals surface area contributed by atoms with E-state index in [2.05, 4.69) is 10.2 Å². The molecule has 0 N–H and O–H groups in total. The van der Waals surface area contributed by atoms with E-state index in [1.165, 1.54) is 0 Å². The first kappa shape index (κ1) is 11.9. The fourth-order valence-electron chi connectivity index (χ4n) is 0.935. The molecule has 0 saturated carbocycles. The Balaban J connectivity index is 2.69. The number of alkyl halides is 1. The van der Waals surface area contributed by atoms with Crippen LogP contribution in [0.25, 0.3) is 0 Å². The molecule has 0 fully saturated rings. The Morgan fingerprint density at radius 1 is 1.50 bits per heavy atom. The molecule has 0 amide bonds. The maximum absolute atomic E-state index is 5.90. The highest BCUT2D eigenvalue weighted by atomic mass is 35.5.